The van der Waals surface area contributed by atoms with E-state index in [4.69, 9.17) is 9.47 Å². The lowest BCUT2D eigenvalue weighted by molar-refractivity contribution is 0.152. The molecule has 0 heterocycles. The summed E-state index contributed by atoms with van der Waals surface area (Å²) in [6.07, 6.45) is -0.206. The third kappa shape index (κ3) is 6.30. The minimum atomic E-state index is -0.960. The second-order valence-electron chi connectivity index (χ2n) is 3.85. The largest absolute Gasteiger partial charge is 0.458 e. The van der Waals surface area contributed by atoms with Gasteiger partial charge in [-0.1, -0.05) is 35.7 Å². The van der Waals surface area contributed by atoms with E-state index in [-0.39, 0.29) is 6.61 Å². The van der Waals surface area contributed by atoms with E-state index in [9.17, 15) is 9.59 Å². The number of rotatable bonds is 4. The fraction of sp³-hybridized carbons (Fsp3) is 0.385. The number of unbranched alkanes of at least 4 members (excludes halogenated alkanes) is 1. The van der Waals surface area contributed by atoms with Crippen molar-refractivity contribution < 1.29 is 19.1 Å². The first kappa shape index (κ1) is 14.8. The summed E-state index contributed by atoms with van der Waals surface area (Å²) in [6.45, 7) is 4.10. The maximum Gasteiger partial charge on any atom is 0.458 e. The minimum Gasteiger partial charge on any atom is -0.447 e. The molecule has 0 spiro atoms. The Morgan fingerprint density at radius 2 is 1.95 bits per heavy atom. The molecule has 0 aromatic heterocycles. The number of benzene rings is 1. The van der Waals surface area contributed by atoms with E-state index in [1.54, 1.807) is 18.2 Å². The van der Waals surface area contributed by atoms with Crippen LogP contribution in [0.5, 0.6) is 5.75 Å². The van der Waals surface area contributed by atoms with Crippen molar-refractivity contribution >= 4 is 12.2 Å². The van der Waals surface area contributed by atoms with Crippen LogP contribution in [0.15, 0.2) is 34.5 Å². The highest BCUT2D eigenvalue weighted by atomic mass is 16.6. The first-order valence-electron chi connectivity index (χ1n) is 5.98. The molecule has 1 aromatic carbocycles. The van der Waals surface area contributed by atoms with Crippen molar-refractivity contribution in [1.82, 2.24) is 0 Å². The van der Waals surface area contributed by atoms with Crippen LogP contribution in [-0.4, -0.2) is 18.8 Å². The summed E-state index contributed by atoms with van der Waals surface area (Å²) in [5.74, 6) is 0.350. The molecule has 0 atom stereocenters. The minimum absolute atomic E-state index is 0.265. The Labute approximate surface area is 111 Å². The molecule has 0 saturated carbocycles. The van der Waals surface area contributed by atoms with Crippen LogP contribution in [0.1, 0.15) is 25.3 Å². The lowest BCUT2D eigenvalue weighted by atomic mass is 10.2. The van der Waals surface area contributed by atoms with E-state index < -0.39 is 12.2 Å². The van der Waals surface area contributed by atoms with Crippen LogP contribution in [0.3, 0.4) is 0 Å². The zero-order chi connectivity index (χ0) is 14.1. The molecule has 6 heteroatoms. The van der Waals surface area contributed by atoms with Gasteiger partial charge in [-0.2, -0.15) is 0 Å². The number of hydrogen-bond donors (Lipinski definition) is 0. The molecule has 1 aromatic rings. The Morgan fingerprint density at radius 1 is 1.21 bits per heavy atom. The number of carbonyl (C=O) groups is 2. The number of hydrogen-bond acceptors (Lipinski definition) is 4. The van der Waals surface area contributed by atoms with Gasteiger partial charge in [-0.25, -0.2) is 9.59 Å². The summed E-state index contributed by atoms with van der Waals surface area (Å²) in [5, 5.41) is 6.22. The predicted octanol–water partition coefficient (Wildman–Crippen LogP) is 3.88. The lowest BCUT2D eigenvalue weighted by Gasteiger charge is -2.00. The van der Waals surface area contributed by atoms with Crippen molar-refractivity contribution in [2.24, 2.45) is 10.2 Å². The van der Waals surface area contributed by atoms with E-state index in [0.717, 1.165) is 18.4 Å². The molecule has 0 bridgehead atoms. The van der Waals surface area contributed by atoms with Crippen molar-refractivity contribution in [3.8, 4) is 5.75 Å². The first-order chi connectivity index (χ1) is 9.11. The zero-order valence-corrected chi connectivity index (χ0v) is 11.0. The van der Waals surface area contributed by atoms with Gasteiger partial charge in [-0.3, -0.25) is 0 Å². The van der Waals surface area contributed by atoms with Gasteiger partial charge in [0.05, 0.1) is 6.61 Å². The van der Waals surface area contributed by atoms with Gasteiger partial charge in [0.1, 0.15) is 5.75 Å². The van der Waals surface area contributed by atoms with E-state index in [1.165, 1.54) is 0 Å². The van der Waals surface area contributed by atoms with E-state index in [0.29, 0.717) is 5.75 Å². The van der Waals surface area contributed by atoms with Crippen molar-refractivity contribution in [2.75, 3.05) is 6.61 Å². The van der Waals surface area contributed by atoms with Gasteiger partial charge in [-0.05, 0) is 31.0 Å². The summed E-state index contributed by atoms with van der Waals surface area (Å²) >= 11 is 0. The third-order valence-corrected chi connectivity index (χ3v) is 2.13. The van der Waals surface area contributed by atoms with Crippen molar-refractivity contribution in [1.29, 1.82) is 0 Å². The van der Waals surface area contributed by atoms with Crippen LogP contribution in [0.4, 0.5) is 9.59 Å². The number of azo groups is 1. The highest BCUT2D eigenvalue weighted by molar-refractivity contribution is 5.74. The van der Waals surface area contributed by atoms with Crippen molar-refractivity contribution in [2.45, 2.75) is 26.7 Å². The Kier molecular flexibility index (Phi) is 6.21. The average Bonchev–Trinajstić information content (AvgIpc) is 2.37. The van der Waals surface area contributed by atoms with Crippen LogP contribution in [0.25, 0.3) is 0 Å². The molecule has 102 valence electrons. The maximum absolute atomic E-state index is 11.3. The molecular formula is C13H16N2O4. The number of nitrogens with zero attached hydrogens (tertiary/aromatic N) is 2. The molecule has 0 radical (unpaired) electrons. The van der Waals surface area contributed by atoms with Crippen LogP contribution >= 0.6 is 0 Å². The Balaban J connectivity index is 2.40. The van der Waals surface area contributed by atoms with Gasteiger partial charge >= 0.3 is 12.2 Å². The van der Waals surface area contributed by atoms with Crippen LogP contribution in [-0.2, 0) is 4.74 Å². The molecule has 0 aliphatic heterocycles. The lowest BCUT2D eigenvalue weighted by Crippen LogP contribution is -2.04. The molecule has 19 heavy (non-hydrogen) atoms. The molecule has 1 rings (SSSR count). The molecule has 2 amide bonds. The quantitative estimate of drug-likeness (QED) is 0.610. The molecule has 0 N–H and O–H groups in total. The monoisotopic (exact) mass is 264 g/mol. The summed E-state index contributed by atoms with van der Waals surface area (Å²) in [4.78, 5) is 22.3. The van der Waals surface area contributed by atoms with Crippen LogP contribution in [0, 0.1) is 6.92 Å². The fourth-order valence-electron chi connectivity index (χ4n) is 1.21. The normalized spacial score (nSPS) is 10.4. The molecule has 0 fully saturated rings. The van der Waals surface area contributed by atoms with Crippen LogP contribution < -0.4 is 4.74 Å². The molecule has 0 aliphatic carbocycles. The number of ether oxygens (including phenoxy) is 2. The smallest absolute Gasteiger partial charge is 0.447 e. The Bertz CT molecular complexity index is 471. The van der Waals surface area contributed by atoms with Gasteiger partial charge in [0.15, 0.2) is 0 Å². The average molecular weight is 264 g/mol. The predicted molar refractivity (Wildman–Crippen MR) is 68.3 cm³/mol. The van der Waals surface area contributed by atoms with Gasteiger partial charge in [0.25, 0.3) is 0 Å². The van der Waals surface area contributed by atoms with Crippen LogP contribution in [0.2, 0.25) is 0 Å². The topological polar surface area (TPSA) is 77.3 Å². The fourth-order valence-corrected chi connectivity index (χ4v) is 1.21. The Hall–Kier alpha value is -2.24. The van der Waals surface area contributed by atoms with Crippen molar-refractivity contribution in [3.63, 3.8) is 0 Å². The van der Waals surface area contributed by atoms with E-state index in [1.807, 2.05) is 19.9 Å². The molecular weight excluding hydrogens is 248 g/mol. The van der Waals surface area contributed by atoms with E-state index in [2.05, 4.69) is 10.2 Å². The Morgan fingerprint density at radius 3 is 2.63 bits per heavy atom. The standard InChI is InChI=1S/C13H16N2O4/c1-3-4-8-18-12(16)14-15-13(17)19-11-7-5-6-10(2)9-11/h5-7,9H,3-4,8H2,1-2H3. The molecule has 0 unspecified atom stereocenters. The number of amides is 2. The maximum atomic E-state index is 11.3. The molecule has 0 saturated heterocycles. The zero-order valence-electron chi connectivity index (χ0n) is 11.0. The first-order valence-corrected chi connectivity index (χ1v) is 5.98. The number of aryl methyl sites for hydroxylation is 1. The summed E-state index contributed by atoms with van der Waals surface area (Å²) in [6, 6.07) is 6.89. The van der Waals surface area contributed by atoms with E-state index >= 15 is 0 Å². The van der Waals surface area contributed by atoms with Crippen molar-refractivity contribution in [3.05, 3.63) is 29.8 Å². The highest BCUT2D eigenvalue weighted by Gasteiger charge is 2.05. The summed E-state index contributed by atoms with van der Waals surface area (Å²) < 4.78 is 9.56. The highest BCUT2D eigenvalue weighted by Crippen LogP contribution is 2.12. The van der Waals surface area contributed by atoms with Gasteiger partial charge in [-0.15, -0.1) is 0 Å². The second-order valence-corrected chi connectivity index (χ2v) is 3.85. The second kappa shape index (κ2) is 7.97. The summed E-state index contributed by atoms with van der Waals surface area (Å²) in [7, 11) is 0. The molecule has 0 aliphatic rings. The molecule has 6 nitrogen and oxygen atoms in total. The van der Waals surface area contributed by atoms with Gasteiger partial charge < -0.3 is 9.47 Å². The van der Waals surface area contributed by atoms with Gasteiger partial charge in [0, 0.05) is 0 Å². The number of carbonyl (C=O) groups excluding carboxylic acids is 2. The summed E-state index contributed by atoms with van der Waals surface area (Å²) in [5.41, 5.74) is 0.946. The SMILES string of the molecule is CCCCOC(=O)N=NC(=O)Oc1cccc(C)c1. The third-order valence-electron chi connectivity index (χ3n) is 2.13. The van der Waals surface area contributed by atoms with Gasteiger partial charge in [0.2, 0.25) is 0 Å².